The van der Waals surface area contributed by atoms with Gasteiger partial charge < -0.3 is 15.1 Å². The lowest BCUT2D eigenvalue weighted by Crippen LogP contribution is -1.92. The van der Waals surface area contributed by atoms with Crippen molar-refractivity contribution in [1.82, 2.24) is 15.0 Å². The maximum Gasteiger partial charge on any atom is 0.366 e. The second kappa shape index (κ2) is 3.24. The van der Waals surface area contributed by atoms with Crippen LogP contribution in [0.5, 0.6) is 0 Å². The summed E-state index contributed by atoms with van der Waals surface area (Å²) in [5.74, 6) is -0.406. The van der Waals surface area contributed by atoms with Gasteiger partial charge in [0.1, 0.15) is 5.52 Å². The van der Waals surface area contributed by atoms with Crippen LogP contribution in [0.3, 0.4) is 0 Å². The Kier molecular flexibility index (Phi) is 1.92. The topological polar surface area (TPSA) is 133 Å². The van der Waals surface area contributed by atoms with Crippen molar-refractivity contribution in [3.8, 4) is 0 Å². The molecule has 0 radical (unpaired) electrons. The highest BCUT2D eigenvalue weighted by Crippen LogP contribution is 2.26. The average Bonchev–Trinajstić information content (AvgIpc) is 2.65. The Labute approximate surface area is 81.5 Å². The molecule has 2 aromatic heterocycles. The van der Waals surface area contributed by atoms with Gasteiger partial charge in [0.25, 0.3) is 5.65 Å². The SMILES string of the molecule is [N-]=[N+]=Nc1cc([N+](=O)[O-])nc2nc[nH]c12. The second-order valence-corrected chi connectivity index (χ2v) is 2.55. The molecule has 15 heavy (non-hydrogen) atoms. The highest BCUT2D eigenvalue weighted by Gasteiger charge is 2.15. The molecule has 0 atom stereocenters. The molecular formula is C6H3N7O2. The quantitative estimate of drug-likeness (QED) is 0.263. The van der Waals surface area contributed by atoms with E-state index in [2.05, 4.69) is 25.0 Å². The zero-order chi connectivity index (χ0) is 10.8. The number of imidazole rings is 1. The molecule has 2 heterocycles. The molecule has 0 fully saturated rings. The Morgan fingerprint density at radius 2 is 2.47 bits per heavy atom. The van der Waals surface area contributed by atoms with E-state index in [0.29, 0.717) is 5.52 Å². The first-order valence-corrected chi connectivity index (χ1v) is 3.76. The molecule has 0 bridgehead atoms. The molecule has 74 valence electrons. The van der Waals surface area contributed by atoms with Gasteiger partial charge in [0.15, 0.2) is 0 Å². The van der Waals surface area contributed by atoms with Gasteiger partial charge in [-0.2, -0.15) is 4.98 Å². The van der Waals surface area contributed by atoms with Crippen LogP contribution in [-0.4, -0.2) is 19.9 Å². The molecule has 0 aliphatic carbocycles. The fourth-order valence-corrected chi connectivity index (χ4v) is 1.12. The molecule has 0 aliphatic heterocycles. The van der Waals surface area contributed by atoms with Gasteiger partial charge in [0, 0.05) is 11.0 Å². The van der Waals surface area contributed by atoms with E-state index in [0.717, 1.165) is 6.07 Å². The summed E-state index contributed by atoms with van der Waals surface area (Å²) in [5, 5.41) is 13.8. The zero-order valence-electron chi connectivity index (χ0n) is 7.15. The van der Waals surface area contributed by atoms with E-state index in [1.165, 1.54) is 6.33 Å². The summed E-state index contributed by atoms with van der Waals surface area (Å²) in [7, 11) is 0. The van der Waals surface area contributed by atoms with Gasteiger partial charge >= 0.3 is 5.82 Å². The molecule has 9 heteroatoms. The molecule has 2 rings (SSSR count). The first-order valence-electron chi connectivity index (χ1n) is 3.76. The van der Waals surface area contributed by atoms with Crippen LogP contribution >= 0.6 is 0 Å². The number of nitro groups is 1. The third-order valence-corrected chi connectivity index (χ3v) is 1.70. The molecule has 0 amide bonds. The maximum atomic E-state index is 10.5. The zero-order valence-corrected chi connectivity index (χ0v) is 7.15. The summed E-state index contributed by atoms with van der Waals surface area (Å²) in [4.78, 5) is 22.5. The Bertz CT molecular complexity index is 582. The van der Waals surface area contributed by atoms with Gasteiger partial charge in [0.2, 0.25) is 0 Å². The predicted molar refractivity (Wildman–Crippen MR) is 49.3 cm³/mol. The number of fused-ring (bicyclic) bond motifs is 1. The first-order chi connectivity index (χ1) is 7.22. The van der Waals surface area contributed by atoms with Crippen LogP contribution in [0.25, 0.3) is 21.6 Å². The lowest BCUT2D eigenvalue weighted by molar-refractivity contribution is -0.389. The molecule has 0 aromatic carbocycles. The summed E-state index contributed by atoms with van der Waals surface area (Å²) >= 11 is 0. The van der Waals surface area contributed by atoms with Gasteiger partial charge in [-0.05, 0) is 15.4 Å². The number of pyridine rings is 1. The van der Waals surface area contributed by atoms with Crippen molar-refractivity contribution < 1.29 is 4.92 Å². The van der Waals surface area contributed by atoms with Crippen molar-refractivity contribution in [1.29, 1.82) is 0 Å². The fraction of sp³-hybridized carbons (Fsp3) is 0. The minimum Gasteiger partial charge on any atom is -0.358 e. The Morgan fingerprint density at radius 1 is 1.67 bits per heavy atom. The minimum atomic E-state index is -0.676. The van der Waals surface area contributed by atoms with Gasteiger partial charge in [-0.3, -0.25) is 0 Å². The van der Waals surface area contributed by atoms with Crippen molar-refractivity contribution in [3.63, 3.8) is 0 Å². The van der Waals surface area contributed by atoms with Crippen molar-refractivity contribution >= 4 is 22.7 Å². The Morgan fingerprint density at radius 3 is 3.13 bits per heavy atom. The third-order valence-electron chi connectivity index (χ3n) is 1.70. The van der Waals surface area contributed by atoms with Crippen molar-refractivity contribution in [2.75, 3.05) is 0 Å². The first kappa shape index (κ1) is 8.91. The molecule has 0 saturated heterocycles. The third kappa shape index (κ3) is 1.42. The molecule has 0 spiro atoms. The number of aromatic amines is 1. The highest BCUT2D eigenvalue weighted by molar-refractivity contribution is 5.84. The van der Waals surface area contributed by atoms with E-state index in [9.17, 15) is 10.1 Å². The van der Waals surface area contributed by atoms with Crippen LogP contribution < -0.4 is 0 Å². The number of nitrogens with zero attached hydrogens (tertiary/aromatic N) is 6. The largest absolute Gasteiger partial charge is 0.366 e. The van der Waals surface area contributed by atoms with Gasteiger partial charge in [-0.25, -0.2) is 0 Å². The summed E-state index contributed by atoms with van der Waals surface area (Å²) in [6.07, 6.45) is 1.32. The number of nitrogens with one attached hydrogen (secondary N) is 1. The molecule has 0 saturated carbocycles. The lowest BCUT2D eigenvalue weighted by Gasteiger charge is -1.93. The van der Waals surface area contributed by atoms with E-state index in [1.807, 2.05) is 0 Å². The number of aromatic nitrogens is 3. The van der Waals surface area contributed by atoms with E-state index in [4.69, 9.17) is 5.53 Å². The number of rotatable bonds is 2. The fourth-order valence-electron chi connectivity index (χ4n) is 1.12. The molecule has 0 aliphatic rings. The minimum absolute atomic E-state index is 0.103. The van der Waals surface area contributed by atoms with Crippen LogP contribution in [0.4, 0.5) is 11.5 Å². The summed E-state index contributed by atoms with van der Waals surface area (Å²) < 4.78 is 0. The van der Waals surface area contributed by atoms with Crippen molar-refractivity contribution in [3.05, 3.63) is 33.0 Å². The molecular weight excluding hydrogens is 202 g/mol. The van der Waals surface area contributed by atoms with Crippen LogP contribution in [0.1, 0.15) is 0 Å². The standard InChI is InChI=1S/C6H3N7O2/c7-12-11-3-1-4(13(14)15)10-6-5(3)8-2-9-6/h1-2H,(H,8,9,10). The molecule has 2 aromatic rings. The Balaban J connectivity index is 2.79. The second-order valence-electron chi connectivity index (χ2n) is 2.55. The van der Waals surface area contributed by atoms with E-state index < -0.39 is 10.7 Å². The molecule has 9 nitrogen and oxygen atoms in total. The number of hydrogen-bond acceptors (Lipinski definition) is 5. The van der Waals surface area contributed by atoms with Crippen molar-refractivity contribution in [2.45, 2.75) is 0 Å². The predicted octanol–water partition coefficient (Wildman–Crippen LogP) is 1.81. The highest BCUT2D eigenvalue weighted by atomic mass is 16.6. The number of azide groups is 1. The van der Waals surface area contributed by atoms with Crippen LogP contribution in [-0.2, 0) is 0 Å². The lowest BCUT2D eigenvalue weighted by atomic mass is 10.3. The number of hydrogen-bond donors (Lipinski definition) is 1. The van der Waals surface area contributed by atoms with Crippen LogP contribution in [0, 0.1) is 10.1 Å². The summed E-state index contributed by atoms with van der Waals surface area (Å²) in [6, 6.07) is 1.08. The van der Waals surface area contributed by atoms with Crippen molar-refractivity contribution in [2.24, 2.45) is 5.11 Å². The van der Waals surface area contributed by atoms with Crippen LogP contribution in [0.15, 0.2) is 17.5 Å². The molecule has 0 unspecified atom stereocenters. The summed E-state index contributed by atoms with van der Waals surface area (Å²) in [5.41, 5.74) is 8.90. The van der Waals surface area contributed by atoms with Gasteiger partial charge in [-0.15, -0.1) is 0 Å². The average molecular weight is 205 g/mol. The van der Waals surface area contributed by atoms with Gasteiger partial charge in [0.05, 0.1) is 12.0 Å². The molecule has 1 N–H and O–H groups in total. The maximum absolute atomic E-state index is 10.5. The van der Waals surface area contributed by atoms with E-state index >= 15 is 0 Å². The smallest absolute Gasteiger partial charge is 0.358 e. The van der Waals surface area contributed by atoms with Gasteiger partial charge in [-0.1, -0.05) is 5.11 Å². The van der Waals surface area contributed by atoms with Crippen LogP contribution in [0.2, 0.25) is 0 Å². The monoisotopic (exact) mass is 205 g/mol. The summed E-state index contributed by atoms with van der Waals surface area (Å²) in [6.45, 7) is 0. The number of H-pyrrole nitrogens is 1. The Hall–Kier alpha value is -2.67. The van der Waals surface area contributed by atoms with E-state index in [-0.39, 0.29) is 11.3 Å². The normalized spacial score (nSPS) is 9.87. The van der Waals surface area contributed by atoms with E-state index in [1.54, 1.807) is 0 Å².